The van der Waals surface area contributed by atoms with Crippen molar-refractivity contribution in [3.8, 4) is 11.5 Å². The first-order valence-corrected chi connectivity index (χ1v) is 8.46. The molecule has 2 aromatic carbocycles. The minimum absolute atomic E-state index is 0.0375. The van der Waals surface area contributed by atoms with E-state index in [-0.39, 0.29) is 5.41 Å². The lowest BCUT2D eigenvalue weighted by atomic mass is 9.84. The molecule has 23 heavy (non-hydrogen) atoms. The number of aryl methyl sites for hydroxylation is 2. The highest BCUT2D eigenvalue weighted by Gasteiger charge is 2.28. The van der Waals surface area contributed by atoms with Crippen molar-refractivity contribution in [1.29, 1.82) is 0 Å². The van der Waals surface area contributed by atoms with Crippen molar-refractivity contribution in [3.63, 3.8) is 0 Å². The molecule has 2 aromatic rings. The van der Waals surface area contributed by atoms with Gasteiger partial charge in [-0.2, -0.15) is 0 Å². The minimum atomic E-state index is 0.0375. The van der Waals surface area contributed by atoms with E-state index < -0.39 is 0 Å². The van der Waals surface area contributed by atoms with Crippen LogP contribution in [0.15, 0.2) is 48.5 Å². The Kier molecular flexibility index (Phi) is 6.09. The van der Waals surface area contributed by atoms with Crippen LogP contribution >= 0.6 is 0 Å². The summed E-state index contributed by atoms with van der Waals surface area (Å²) >= 11 is 0. The predicted molar refractivity (Wildman–Crippen MR) is 96.4 cm³/mol. The fraction of sp³-hybridized carbons (Fsp3) is 0.429. The van der Waals surface area contributed by atoms with Crippen LogP contribution in [0.4, 0.5) is 0 Å². The van der Waals surface area contributed by atoms with E-state index in [0.29, 0.717) is 13.2 Å². The second-order valence-corrected chi connectivity index (χ2v) is 6.41. The lowest BCUT2D eigenvalue weighted by Crippen LogP contribution is -2.34. The molecule has 0 heterocycles. The second kappa shape index (κ2) is 8.05. The van der Waals surface area contributed by atoms with Gasteiger partial charge in [-0.1, -0.05) is 49.2 Å². The van der Waals surface area contributed by atoms with Crippen molar-refractivity contribution in [2.45, 2.75) is 40.5 Å². The normalized spacial score (nSPS) is 11.3. The molecule has 0 amide bonds. The van der Waals surface area contributed by atoms with Gasteiger partial charge in [-0.25, -0.2) is 0 Å². The van der Waals surface area contributed by atoms with Crippen LogP contribution in [0.5, 0.6) is 11.5 Å². The van der Waals surface area contributed by atoms with Crippen LogP contribution in [0.2, 0.25) is 0 Å². The molecule has 0 aliphatic rings. The number of benzene rings is 2. The van der Waals surface area contributed by atoms with Gasteiger partial charge in [0, 0.05) is 5.41 Å². The SMILES string of the molecule is CCC(CC)(COc1ccc(C)cc1)COc1ccc(C)cc1. The fourth-order valence-electron chi connectivity index (χ4n) is 2.44. The lowest BCUT2D eigenvalue weighted by Gasteiger charge is -2.31. The summed E-state index contributed by atoms with van der Waals surface area (Å²) in [7, 11) is 0. The molecule has 0 fully saturated rings. The van der Waals surface area contributed by atoms with Crippen molar-refractivity contribution in [2.24, 2.45) is 5.41 Å². The highest BCUT2D eigenvalue weighted by molar-refractivity contribution is 5.27. The van der Waals surface area contributed by atoms with Crippen molar-refractivity contribution in [3.05, 3.63) is 59.7 Å². The van der Waals surface area contributed by atoms with E-state index in [1.165, 1.54) is 11.1 Å². The van der Waals surface area contributed by atoms with Crippen molar-refractivity contribution in [1.82, 2.24) is 0 Å². The summed E-state index contributed by atoms with van der Waals surface area (Å²) in [6.07, 6.45) is 2.06. The molecular formula is C21H28O2. The molecule has 2 nitrogen and oxygen atoms in total. The third-order valence-electron chi connectivity index (χ3n) is 4.63. The molecule has 124 valence electrons. The number of ether oxygens (including phenoxy) is 2. The average Bonchev–Trinajstić information content (AvgIpc) is 2.59. The van der Waals surface area contributed by atoms with E-state index in [4.69, 9.17) is 9.47 Å². The van der Waals surface area contributed by atoms with Gasteiger partial charge in [-0.05, 0) is 51.0 Å². The average molecular weight is 312 g/mol. The van der Waals surface area contributed by atoms with E-state index in [9.17, 15) is 0 Å². The van der Waals surface area contributed by atoms with Gasteiger partial charge in [0.05, 0.1) is 13.2 Å². The Morgan fingerprint density at radius 1 is 0.652 bits per heavy atom. The molecule has 2 rings (SSSR count). The highest BCUT2D eigenvalue weighted by Crippen LogP contribution is 2.29. The monoisotopic (exact) mass is 312 g/mol. The Hall–Kier alpha value is -1.96. The molecule has 0 aromatic heterocycles. The van der Waals surface area contributed by atoms with Crippen LogP contribution < -0.4 is 9.47 Å². The standard InChI is InChI=1S/C21H28O2/c1-5-21(6-2,15-22-19-11-7-17(3)8-12-19)16-23-20-13-9-18(4)10-14-20/h7-14H,5-6,15-16H2,1-4H3. The van der Waals surface area contributed by atoms with Gasteiger partial charge in [0.2, 0.25) is 0 Å². The summed E-state index contributed by atoms with van der Waals surface area (Å²) in [5.74, 6) is 1.86. The zero-order valence-electron chi connectivity index (χ0n) is 14.8. The topological polar surface area (TPSA) is 18.5 Å². The van der Waals surface area contributed by atoms with Crippen LogP contribution in [0.1, 0.15) is 37.8 Å². The zero-order chi connectivity index (χ0) is 16.7. The van der Waals surface area contributed by atoms with E-state index >= 15 is 0 Å². The smallest absolute Gasteiger partial charge is 0.119 e. The van der Waals surface area contributed by atoms with Gasteiger partial charge >= 0.3 is 0 Å². The third kappa shape index (κ3) is 5.02. The predicted octanol–water partition coefficient (Wildman–Crippen LogP) is 5.57. The summed E-state index contributed by atoms with van der Waals surface area (Å²) in [6.45, 7) is 9.94. The lowest BCUT2D eigenvalue weighted by molar-refractivity contribution is 0.0705. The van der Waals surface area contributed by atoms with Gasteiger partial charge in [0.15, 0.2) is 0 Å². The Morgan fingerprint density at radius 3 is 1.30 bits per heavy atom. The molecule has 0 saturated heterocycles. The van der Waals surface area contributed by atoms with E-state index in [2.05, 4.69) is 52.0 Å². The zero-order valence-corrected chi connectivity index (χ0v) is 14.8. The molecule has 0 N–H and O–H groups in total. The first-order chi connectivity index (χ1) is 11.1. The quantitative estimate of drug-likeness (QED) is 0.634. The summed E-state index contributed by atoms with van der Waals surface area (Å²) in [6, 6.07) is 16.5. The maximum absolute atomic E-state index is 6.04. The highest BCUT2D eigenvalue weighted by atomic mass is 16.5. The third-order valence-corrected chi connectivity index (χ3v) is 4.63. The van der Waals surface area contributed by atoms with Crippen molar-refractivity contribution in [2.75, 3.05) is 13.2 Å². The maximum atomic E-state index is 6.04. The van der Waals surface area contributed by atoms with Gasteiger partial charge in [-0.3, -0.25) is 0 Å². The molecule has 0 unspecified atom stereocenters. The minimum Gasteiger partial charge on any atom is -0.493 e. The molecule has 0 saturated carbocycles. The molecule has 0 aliphatic carbocycles. The fourth-order valence-corrected chi connectivity index (χ4v) is 2.44. The van der Waals surface area contributed by atoms with Crippen molar-refractivity contribution >= 4 is 0 Å². The van der Waals surface area contributed by atoms with Crippen LogP contribution in [-0.4, -0.2) is 13.2 Å². The Labute approximate surface area is 140 Å². The number of rotatable bonds is 8. The molecule has 0 bridgehead atoms. The summed E-state index contributed by atoms with van der Waals surface area (Å²) < 4.78 is 12.1. The Balaban J connectivity index is 1.97. The Morgan fingerprint density at radius 2 is 1.00 bits per heavy atom. The number of hydrogen-bond donors (Lipinski definition) is 0. The first-order valence-electron chi connectivity index (χ1n) is 8.46. The van der Waals surface area contributed by atoms with E-state index in [1.807, 2.05) is 24.3 Å². The van der Waals surface area contributed by atoms with Crippen LogP contribution in [0.25, 0.3) is 0 Å². The summed E-state index contributed by atoms with van der Waals surface area (Å²) in [4.78, 5) is 0. The van der Waals surface area contributed by atoms with Crippen LogP contribution in [0, 0.1) is 19.3 Å². The largest absolute Gasteiger partial charge is 0.493 e. The molecule has 0 atom stereocenters. The van der Waals surface area contributed by atoms with Gasteiger partial charge in [0.1, 0.15) is 11.5 Å². The van der Waals surface area contributed by atoms with Gasteiger partial charge in [-0.15, -0.1) is 0 Å². The first kappa shape index (κ1) is 17.4. The molecule has 0 spiro atoms. The molecular weight excluding hydrogens is 284 g/mol. The van der Waals surface area contributed by atoms with Gasteiger partial charge in [0.25, 0.3) is 0 Å². The van der Waals surface area contributed by atoms with Crippen LogP contribution in [-0.2, 0) is 0 Å². The van der Waals surface area contributed by atoms with E-state index in [1.54, 1.807) is 0 Å². The molecule has 0 radical (unpaired) electrons. The molecule has 0 aliphatic heterocycles. The number of hydrogen-bond acceptors (Lipinski definition) is 2. The summed E-state index contributed by atoms with van der Waals surface area (Å²) in [5.41, 5.74) is 2.53. The molecule has 2 heteroatoms. The summed E-state index contributed by atoms with van der Waals surface area (Å²) in [5, 5.41) is 0. The van der Waals surface area contributed by atoms with Crippen LogP contribution in [0.3, 0.4) is 0 Å². The van der Waals surface area contributed by atoms with E-state index in [0.717, 1.165) is 24.3 Å². The van der Waals surface area contributed by atoms with Crippen molar-refractivity contribution < 1.29 is 9.47 Å². The van der Waals surface area contributed by atoms with Gasteiger partial charge < -0.3 is 9.47 Å². The Bertz CT molecular complexity index is 529. The second-order valence-electron chi connectivity index (χ2n) is 6.41. The maximum Gasteiger partial charge on any atom is 0.119 e.